The van der Waals surface area contributed by atoms with Crippen LogP contribution in [0.15, 0.2) is 48.5 Å². The van der Waals surface area contributed by atoms with Gasteiger partial charge in [0.2, 0.25) is 0 Å². The van der Waals surface area contributed by atoms with E-state index in [1.165, 1.54) is 5.56 Å². The molecule has 0 atom stereocenters. The molecule has 3 rings (SSSR count). The summed E-state index contributed by atoms with van der Waals surface area (Å²) in [6.45, 7) is 12.4. The van der Waals surface area contributed by atoms with Crippen LogP contribution >= 0.6 is 0 Å². The summed E-state index contributed by atoms with van der Waals surface area (Å²) < 4.78 is 10.7. The van der Waals surface area contributed by atoms with Crippen LogP contribution < -0.4 is 4.74 Å². The Balaban J connectivity index is 1.70. The van der Waals surface area contributed by atoms with Gasteiger partial charge in [-0.25, -0.2) is 0 Å². The zero-order valence-corrected chi connectivity index (χ0v) is 19.4. The van der Waals surface area contributed by atoms with Crippen LogP contribution in [0.1, 0.15) is 48.7 Å². The second kappa shape index (κ2) is 10.8. The van der Waals surface area contributed by atoms with E-state index in [2.05, 4.69) is 37.8 Å². The van der Waals surface area contributed by atoms with Gasteiger partial charge in [0.25, 0.3) is 5.91 Å². The van der Waals surface area contributed by atoms with E-state index in [0.717, 1.165) is 62.7 Å². The zero-order valence-electron chi connectivity index (χ0n) is 19.4. The molecule has 1 heterocycles. The Kier molecular flexibility index (Phi) is 8.10. The molecule has 1 fully saturated rings. The normalized spacial score (nSPS) is 15.0. The van der Waals surface area contributed by atoms with E-state index in [0.29, 0.717) is 6.54 Å². The van der Waals surface area contributed by atoms with Gasteiger partial charge in [-0.1, -0.05) is 45.0 Å². The van der Waals surface area contributed by atoms with Crippen LogP contribution in [0.5, 0.6) is 5.75 Å². The maximum atomic E-state index is 13.4. The summed E-state index contributed by atoms with van der Waals surface area (Å²) >= 11 is 0. The molecule has 0 radical (unpaired) electrons. The number of morpholine rings is 1. The average molecular weight is 425 g/mol. The van der Waals surface area contributed by atoms with Crippen LogP contribution in [0.4, 0.5) is 0 Å². The van der Waals surface area contributed by atoms with Crippen molar-refractivity contribution in [2.24, 2.45) is 0 Å². The number of hydrogen-bond acceptors (Lipinski definition) is 4. The number of benzene rings is 2. The molecule has 168 valence electrons. The van der Waals surface area contributed by atoms with Crippen LogP contribution in [0.3, 0.4) is 0 Å². The summed E-state index contributed by atoms with van der Waals surface area (Å²) in [6.07, 6.45) is 0.946. The number of carbonyl (C=O) groups is 1. The van der Waals surface area contributed by atoms with Crippen molar-refractivity contribution in [3.63, 3.8) is 0 Å². The number of methoxy groups -OCH3 is 1. The fourth-order valence-corrected chi connectivity index (χ4v) is 3.81. The standard InChI is InChI=1S/C26H36N2O3/c1-26(2,3)23-10-8-22(9-11-23)25(29)28(15-5-14-27-16-18-31-19-17-27)20-21-6-12-24(30-4)13-7-21/h6-13H,5,14-20H2,1-4H3. The molecule has 0 aliphatic carbocycles. The van der Waals surface area contributed by atoms with E-state index in [1.54, 1.807) is 7.11 Å². The molecule has 0 spiro atoms. The highest BCUT2D eigenvalue weighted by Gasteiger charge is 2.19. The largest absolute Gasteiger partial charge is 0.497 e. The minimum atomic E-state index is 0.0719. The van der Waals surface area contributed by atoms with Crippen molar-refractivity contribution in [3.8, 4) is 5.75 Å². The van der Waals surface area contributed by atoms with Crippen molar-refractivity contribution in [3.05, 3.63) is 65.2 Å². The number of carbonyl (C=O) groups excluding carboxylic acids is 1. The van der Waals surface area contributed by atoms with E-state index >= 15 is 0 Å². The molecule has 1 aliphatic heterocycles. The molecular weight excluding hydrogens is 388 g/mol. The highest BCUT2D eigenvalue weighted by molar-refractivity contribution is 5.94. The number of rotatable bonds is 8. The molecule has 0 unspecified atom stereocenters. The number of amides is 1. The average Bonchev–Trinajstić information content (AvgIpc) is 2.78. The number of ether oxygens (including phenoxy) is 2. The van der Waals surface area contributed by atoms with E-state index in [9.17, 15) is 4.79 Å². The third-order valence-electron chi connectivity index (χ3n) is 5.82. The van der Waals surface area contributed by atoms with Gasteiger partial charge in [-0.05, 0) is 47.2 Å². The lowest BCUT2D eigenvalue weighted by molar-refractivity contribution is 0.0355. The first-order chi connectivity index (χ1) is 14.9. The Hall–Kier alpha value is -2.37. The maximum absolute atomic E-state index is 13.4. The molecule has 2 aromatic rings. The molecule has 0 saturated carbocycles. The maximum Gasteiger partial charge on any atom is 0.254 e. The Labute approximate surface area is 187 Å². The molecule has 5 heteroatoms. The van der Waals surface area contributed by atoms with Gasteiger partial charge in [0.15, 0.2) is 0 Å². The summed E-state index contributed by atoms with van der Waals surface area (Å²) in [4.78, 5) is 17.8. The van der Waals surface area contributed by atoms with Crippen molar-refractivity contribution in [1.82, 2.24) is 9.80 Å². The van der Waals surface area contributed by atoms with Gasteiger partial charge >= 0.3 is 0 Å². The van der Waals surface area contributed by atoms with Gasteiger partial charge in [0, 0.05) is 38.3 Å². The summed E-state index contributed by atoms with van der Waals surface area (Å²) in [6, 6.07) is 16.0. The van der Waals surface area contributed by atoms with E-state index in [-0.39, 0.29) is 11.3 Å². The van der Waals surface area contributed by atoms with Crippen LogP contribution in [0.2, 0.25) is 0 Å². The minimum absolute atomic E-state index is 0.0719. The van der Waals surface area contributed by atoms with E-state index in [1.807, 2.05) is 41.3 Å². The predicted molar refractivity (Wildman–Crippen MR) is 125 cm³/mol. The smallest absolute Gasteiger partial charge is 0.254 e. The van der Waals surface area contributed by atoms with Crippen molar-refractivity contribution in [2.75, 3.05) is 46.5 Å². The zero-order chi connectivity index (χ0) is 22.3. The Morgan fingerprint density at radius 3 is 2.26 bits per heavy atom. The molecule has 0 aromatic heterocycles. The third-order valence-corrected chi connectivity index (χ3v) is 5.82. The van der Waals surface area contributed by atoms with Gasteiger partial charge in [0.05, 0.1) is 20.3 Å². The molecule has 0 bridgehead atoms. The van der Waals surface area contributed by atoms with Crippen molar-refractivity contribution >= 4 is 5.91 Å². The predicted octanol–water partition coefficient (Wildman–Crippen LogP) is 4.36. The van der Waals surface area contributed by atoms with E-state index in [4.69, 9.17) is 9.47 Å². The topological polar surface area (TPSA) is 42.0 Å². The molecular formula is C26H36N2O3. The third kappa shape index (κ3) is 6.81. The summed E-state index contributed by atoms with van der Waals surface area (Å²) in [7, 11) is 1.66. The molecule has 1 saturated heterocycles. The Morgan fingerprint density at radius 2 is 1.68 bits per heavy atom. The number of nitrogens with zero attached hydrogens (tertiary/aromatic N) is 2. The van der Waals surface area contributed by atoms with Gasteiger partial charge in [-0.3, -0.25) is 9.69 Å². The molecule has 1 aliphatic rings. The molecule has 1 amide bonds. The van der Waals surface area contributed by atoms with Crippen LogP contribution in [-0.2, 0) is 16.7 Å². The van der Waals surface area contributed by atoms with Crippen LogP contribution in [0, 0.1) is 0 Å². The quantitative estimate of drug-likeness (QED) is 0.632. The van der Waals surface area contributed by atoms with Gasteiger partial charge < -0.3 is 14.4 Å². The van der Waals surface area contributed by atoms with E-state index < -0.39 is 0 Å². The molecule has 5 nitrogen and oxygen atoms in total. The SMILES string of the molecule is COc1ccc(CN(CCCN2CCOCC2)C(=O)c2ccc(C(C)(C)C)cc2)cc1. The first-order valence-corrected chi connectivity index (χ1v) is 11.2. The molecule has 0 N–H and O–H groups in total. The lowest BCUT2D eigenvalue weighted by Crippen LogP contribution is -2.39. The second-order valence-corrected chi connectivity index (χ2v) is 9.21. The fourth-order valence-electron chi connectivity index (χ4n) is 3.81. The second-order valence-electron chi connectivity index (χ2n) is 9.21. The van der Waals surface area contributed by atoms with Gasteiger partial charge in [-0.2, -0.15) is 0 Å². The molecule has 2 aromatic carbocycles. The summed E-state index contributed by atoms with van der Waals surface area (Å²) in [5.41, 5.74) is 3.15. The molecule has 31 heavy (non-hydrogen) atoms. The first kappa shape index (κ1) is 23.3. The Bertz CT molecular complexity index is 819. The summed E-state index contributed by atoms with van der Waals surface area (Å²) in [5, 5.41) is 0. The van der Waals surface area contributed by atoms with Gasteiger partial charge in [0.1, 0.15) is 5.75 Å². The van der Waals surface area contributed by atoms with Crippen molar-refractivity contribution in [1.29, 1.82) is 0 Å². The first-order valence-electron chi connectivity index (χ1n) is 11.2. The fraction of sp³-hybridized carbons (Fsp3) is 0.500. The van der Waals surface area contributed by atoms with Crippen molar-refractivity contribution < 1.29 is 14.3 Å². The Morgan fingerprint density at radius 1 is 1.03 bits per heavy atom. The monoisotopic (exact) mass is 424 g/mol. The van der Waals surface area contributed by atoms with Crippen LogP contribution in [0.25, 0.3) is 0 Å². The van der Waals surface area contributed by atoms with Gasteiger partial charge in [-0.15, -0.1) is 0 Å². The van der Waals surface area contributed by atoms with Crippen molar-refractivity contribution in [2.45, 2.75) is 39.2 Å². The number of hydrogen-bond donors (Lipinski definition) is 0. The highest BCUT2D eigenvalue weighted by atomic mass is 16.5. The highest BCUT2D eigenvalue weighted by Crippen LogP contribution is 2.23. The lowest BCUT2D eigenvalue weighted by atomic mass is 9.86. The van der Waals surface area contributed by atoms with Crippen LogP contribution in [-0.4, -0.2) is 62.2 Å². The minimum Gasteiger partial charge on any atom is -0.497 e. The lowest BCUT2D eigenvalue weighted by Gasteiger charge is -2.28. The summed E-state index contributed by atoms with van der Waals surface area (Å²) in [5.74, 6) is 0.907.